The van der Waals surface area contributed by atoms with Crippen molar-refractivity contribution in [2.75, 3.05) is 26.3 Å². The lowest BCUT2D eigenvalue weighted by Crippen LogP contribution is -2.43. The number of hydrogen-bond acceptors (Lipinski definition) is 5. The van der Waals surface area contributed by atoms with Gasteiger partial charge in [0.15, 0.2) is 0 Å². The lowest BCUT2D eigenvalue weighted by Gasteiger charge is -2.31. The van der Waals surface area contributed by atoms with Gasteiger partial charge in [0, 0.05) is 43.8 Å². The van der Waals surface area contributed by atoms with E-state index in [0.717, 1.165) is 44.8 Å². The molecule has 2 fully saturated rings. The van der Waals surface area contributed by atoms with Crippen LogP contribution in [0.2, 0.25) is 0 Å². The molecule has 0 aliphatic carbocycles. The minimum Gasteiger partial charge on any atom is -0.381 e. The molecule has 0 spiro atoms. The van der Waals surface area contributed by atoms with Crippen LogP contribution in [0.25, 0.3) is 0 Å². The number of rotatable bonds is 6. The summed E-state index contributed by atoms with van der Waals surface area (Å²) in [4.78, 5) is 19.1. The Morgan fingerprint density at radius 3 is 2.96 bits per heavy atom. The Morgan fingerprint density at radius 2 is 2.26 bits per heavy atom. The summed E-state index contributed by atoms with van der Waals surface area (Å²) < 4.78 is 5.48. The summed E-state index contributed by atoms with van der Waals surface area (Å²) in [6.07, 6.45) is 5.00. The molecular formula is C17H27N3O2S. The molecule has 2 aliphatic heterocycles. The first-order chi connectivity index (χ1) is 11.3. The molecule has 5 nitrogen and oxygen atoms in total. The number of likely N-dealkylation sites (tertiary alicyclic amines) is 1. The fraction of sp³-hybridized carbons (Fsp3) is 0.765. The van der Waals surface area contributed by atoms with Gasteiger partial charge >= 0.3 is 0 Å². The number of carbonyl (C=O) groups excluding carboxylic acids is 1. The van der Waals surface area contributed by atoms with Gasteiger partial charge in [0.2, 0.25) is 5.91 Å². The molecule has 1 aromatic heterocycles. The smallest absolute Gasteiger partial charge is 0.226 e. The van der Waals surface area contributed by atoms with Crippen LogP contribution >= 0.6 is 11.3 Å². The zero-order valence-corrected chi connectivity index (χ0v) is 14.7. The summed E-state index contributed by atoms with van der Waals surface area (Å²) >= 11 is 1.54. The summed E-state index contributed by atoms with van der Waals surface area (Å²) in [6.45, 7) is 6.07. The van der Waals surface area contributed by atoms with Crippen molar-refractivity contribution in [1.82, 2.24) is 15.2 Å². The minimum atomic E-state index is 0.107. The van der Waals surface area contributed by atoms with Crippen molar-refractivity contribution >= 4 is 17.2 Å². The average molecular weight is 337 g/mol. The van der Waals surface area contributed by atoms with E-state index in [2.05, 4.69) is 22.1 Å². The van der Waals surface area contributed by atoms with Gasteiger partial charge in [-0.15, -0.1) is 11.3 Å². The Morgan fingerprint density at radius 1 is 1.43 bits per heavy atom. The van der Waals surface area contributed by atoms with E-state index in [0.29, 0.717) is 18.4 Å². The Hall–Kier alpha value is -0.980. The molecule has 0 radical (unpaired) electrons. The van der Waals surface area contributed by atoms with Crippen LogP contribution in [0.5, 0.6) is 0 Å². The van der Waals surface area contributed by atoms with Gasteiger partial charge in [0.25, 0.3) is 0 Å². The van der Waals surface area contributed by atoms with Crippen LogP contribution in [-0.4, -0.2) is 54.2 Å². The monoisotopic (exact) mass is 337 g/mol. The van der Waals surface area contributed by atoms with Crippen LogP contribution in [-0.2, 0) is 16.0 Å². The second kappa shape index (κ2) is 8.22. The van der Waals surface area contributed by atoms with Crippen LogP contribution in [0.15, 0.2) is 10.9 Å². The second-order valence-corrected chi connectivity index (χ2v) is 7.40. The number of ether oxygens (including phenoxy) is 1. The van der Waals surface area contributed by atoms with Crippen molar-refractivity contribution in [3.8, 4) is 0 Å². The van der Waals surface area contributed by atoms with Crippen molar-refractivity contribution in [1.29, 1.82) is 0 Å². The Bertz CT molecular complexity index is 488. The standard InChI is InChI=1S/C17H27N3O2S/c1-2-3-13-9-20(15-4-6-22-7-5-15)10-16(13)19-17(21)8-14-11-23-12-18-14/h11-13,15-16H,2-10H2,1H3,(H,19,21)/t13-,16-/m0/s1. The molecule has 3 rings (SSSR count). The van der Waals surface area contributed by atoms with E-state index in [1.54, 1.807) is 16.8 Å². The van der Waals surface area contributed by atoms with Gasteiger partial charge in [0.05, 0.1) is 17.6 Å². The van der Waals surface area contributed by atoms with Gasteiger partial charge in [-0.3, -0.25) is 9.69 Å². The van der Waals surface area contributed by atoms with E-state index in [4.69, 9.17) is 4.74 Å². The molecule has 1 amide bonds. The molecular weight excluding hydrogens is 310 g/mol. The number of nitrogens with one attached hydrogen (secondary N) is 1. The molecule has 2 saturated heterocycles. The Balaban J connectivity index is 1.56. The maximum atomic E-state index is 12.3. The zero-order valence-electron chi connectivity index (χ0n) is 13.9. The highest BCUT2D eigenvalue weighted by Crippen LogP contribution is 2.27. The van der Waals surface area contributed by atoms with Gasteiger partial charge in [-0.25, -0.2) is 4.98 Å². The number of thiazole rings is 1. The highest BCUT2D eigenvalue weighted by molar-refractivity contribution is 7.07. The molecule has 23 heavy (non-hydrogen) atoms. The van der Waals surface area contributed by atoms with E-state index >= 15 is 0 Å². The number of aromatic nitrogens is 1. The third-order valence-electron chi connectivity index (χ3n) is 5.01. The number of amides is 1. The largest absolute Gasteiger partial charge is 0.381 e. The molecule has 0 unspecified atom stereocenters. The maximum Gasteiger partial charge on any atom is 0.226 e. The normalized spacial score (nSPS) is 26.5. The molecule has 6 heteroatoms. The zero-order chi connectivity index (χ0) is 16.1. The van der Waals surface area contributed by atoms with E-state index in [1.165, 1.54) is 12.8 Å². The summed E-state index contributed by atoms with van der Waals surface area (Å²) in [5, 5.41) is 5.22. The van der Waals surface area contributed by atoms with E-state index < -0.39 is 0 Å². The quantitative estimate of drug-likeness (QED) is 0.863. The third-order valence-corrected chi connectivity index (χ3v) is 5.64. The molecule has 0 saturated carbocycles. The van der Waals surface area contributed by atoms with E-state index in [-0.39, 0.29) is 11.9 Å². The molecule has 1 N–H and O–H groups in total. The van der Waals surface area contributed by atoms with Crippen molar-refractivity contribution in [2.24, 2.45) is 5.92 Å². The van der Waals surface area contributed by atoms with Crippen molar-refractivity contribution in [3.63, 3.8) is 0 Å². The second-order valence-electron chi connectivity index (χ2n) is 6.68. The van der Waals surface area contributed by atoms with Crippen LogP contribution in [0, 0.1) is 5.92 Å². The predicted molar refractivity (Wildman–Crippen MR) is 91.6 cm³/mol. The highest BCUT2D eigenvalue weighted by atomic mass is 32.1. The van der Waals surface area contributed by atoms with Gasteiger partial charge < -0.3 is 10.1 Å². The molecule has 128 valence electrons. The lowest BCUT2D eigenvalue weighted by molar-refractivity contribution is -0.121. The number of hydrogen-bond donors (Lipinski definition) is 1. The van der Waals surface area contributed by atoms with Crippen LogP contribution in [0.3, 0.4) is 0 Å². The van der Waals surface area contributed by atoms with Gasteiger partial charge in [-0.2, -0.15) is 0 Å². The van der Waals surface area contributed by atoms with Crippen LogP contribution in [0.1, 0.15) is 38.3 Å². The Kier molecular flexibility index (Phi) is 6.02. The van der Waals surface area contributed by atoms with Crippen LogP contribution in [0.4, 0.5) is 0 Å². The van der Waals surface area contributed by atoms with Gasteiger partial charge in [-0.05, 0) is 25.2 Å². The van der Waals surface area contributed by atoms with Crippen molar-refractivity contribution in [2.45, 2.75) is 51.1 Å². The van der Waals surface area contributed by atoms with Crippen molar-refractivity contribution in [3.05, 3.63) is 16.6 Å². The SMILES string of the molecule is CCC[C@H]1CN(C2CCOCC2)C[C@@H]1NC(=O)Cc1cscn1. The topological polar surface area (TPSA) is 54.5 Å². The average Bonchev–Trinajstić information content (AvgIpc) is 3.19. The summed E-state index contributed by atoms with van der Waals surface area (Å²) in [7, 11) is 0. The third kappa shape index (κ3) is 4.52. The number of nitrogens with zero attached hydrogens (tertiary/aromatic N) is 2. The number of carbonyl (C=O) groups is 1. The first-order valence-corrected chi connectivity index (χ1v) is 9.68. The lowest BCUT2D eigenvalue weighted by atomic mass is 9.98. The Labute approximate surface area is 142 Å². The first kappa shape index (κ1) is 16.9. The molecule has 3 heterocycles. The van der Waals surface area contributed by atoms with Crippen LogP contribution < -0.4 is 5.32 Å². The molecule has 0 bridgehead atoms. The highest BCUT2D eigenvalue weighted by Gasteiger charge is 2.36. The molecule has 1 aromatic rings. The molecule has 2 atom stereocenters. The fourth-order valence-corrected chi connectivity index (χ4v) is 4.39. The van der Waals surface area contributed by atoms with Gasteiger partial charge in [-0.1, -0.05) is 13.3 Å². The fourth-order valence-electron chi connectivity index (χ4n) is 3.83. The summed E-state index contributed by atoms with van der Waals surface area (Å²) in [5.41, 5.74) is 2.66. The van der Waals surface area contributed by atoms with E-state index in [9.17, 15) is 4.79 Å². The minimum absolute atomic E-state index is 0.107. The molecule has 2 aliphatic rings. The van der Waals surface area contributed by atoms with Crippen molar-refractivity contribution < 1.29 is 9.53 Å². The predicted octanol–water partition coefficient (Wildman–Crippen LogP) is 2.08. The summed E-state index contributed by atoms with van der Waals surface area (Å²) in [5.74, 6) is 0.679. The van der Waals surface area contributed by atoms with Gasteiger partial charge in [0.1, 0.15) is 0 Å². The summed E-state index contributed by atoms with van der Waals surface area (Å²) in [6, 6.07) is 0.910. The first-order valence-electron chi connectivity index (χ1n) is 8.74. The van der Waals surface area contributed by atoms with E-state index in [1.807, 2.05) is 5.38 Å². The maximum absolute atomic E-state index is 12.3. The molecule has 0 aromatic carbocycles.